The van der Waals surface area contributed by atoms with E-state index in [1.807, 2.05) is 49.0 Å². The first kappa shape index (κ1) is 12.7. The van der Waals surface area contributed by atoms with Crippen molar-refractivity contribution >= 4 is 0 Å². The zero-order valence-corrected chi connectivity index (χ0v) is 10.9. The van der Waals surface area contributed by atoms with Crippen LogP contribution < -0.4 is 5.32 Å². The number of benzene rings is 1. The van der Waals surface area contributed by atoms with E-state index < -0.39 is 0 Å². The highest BCUT2D eigenvalue weighted by molar-refractivity contribution is 5.32. The van der Waals surface area contributed by atoms with E-state index in [-0.39, 0.29) is 12.1 Å². The number of methoxy groups -OCH3 is 1. The van der Waals surface area contributed by atoms with Crippen molar-refractivity contribution in [2.75, 3.05) is 14.2 Å². The first-order valence-corrected chi connectivity index (χ1v) is 5.94. The van der Waals surface area contributed by atoms with Gasteiger partial charge in [-0.3, -0.25) is 0 Å². The molecule has 0 bridgehead atoms. The molecule has 0 amide bonds. The molecule has 0 fully saturated rings. The summed E-state index contributed by atoms with van der Waals surface area (Å²) in [7, 11) is 3.61. The van der Waals surface area contributed by atoms with Crippen LogP contribution in [0.25, 0.3) is 5.69 Å². The van der Waals surface area contributed by atoms with Crippen molar-refractivity contribution in [2.24, 2.45) is 0 Å². The van der Waals surface area contributed by atoms with Crippen LogP contribution in [0.15, 0.2) is 36.5 Å². The number of aromatic nitrogens is 3. The maximum Gasteiger partial charge on any atom is 0.0841 e. The summed E-state index contributed by atoms with van der Waals surface area (Å²) in [5, 5.41) is 11.4. The van der Waals surface area contributed by atoms with Gasteiger partial charge in [-0.05, 0) is 26.1 Å². The molecule has 1 aromatic carbocycles. The largest absolute Gasteiger partial charge is 0.380 e. The van der Waals surface area contributed by atoms with E-state index in [4.69, 9.17) is 4.74 Å². The molecule has 2 rings (SSSR count). The van der Waals surface area contributed by atoms with Crippen LogP contribution in [0.2, 0.25) is 0 Å². The van der Waals surface area contributed by atoms with Crippen LogP contribution in [-0.4, -0.2) is 35.3 Å². The van der Waals surface area contributed by atoms with E-state index in [0.29, 0.717) is 0 Å². The number of likely N-dealkylation sites (N-methyl/N-ethyl adjacent to an activating group) is 1. The predicted octanol–water partition coefficient (Wildman–Crippen LogP) is 1.56. The maximum atomic E-state index is 5.39. The van der Waals surface area contributed by atoms with Gasteiger partial charge in [-0.2, -0.15) is 0 Å². The number of para-hydroxylation sites is 1. The number of rotatable bonds is 5. The van der Waals surface area contributed by atoms with Crippen molar-refractivity contribution in [3.05, 3.63) is 42.2 Å². The third-order valence-electron chi connectivity index (χ3n) is 3.05. The molecule has 18 heavy (non-hydrogen) atoms. The Kier molecular flexibility index (Phi) is 4.07. The Morgan fingerprint density at radius 1 is 1.28 bits per heavy atom. The number of ether oxygens (including phenoxy) is 1. The smallest absolute Gasteiger partial charge is 0.0841 e. The molecule has 0 aliphatic rings. The van der Waals surface area contributed by atoms with Gasteiger partial charge in [0, 0.05) is 7.11 Å². The zero-order chi connectivity index (χ0) is 13.0. The molecule has 1 aromatic heterocycles. The average Bonchev–Trinajstić information content (AvgIpc) is 2.89. The van der Waals surface area contributed by atoms with Crippen LogP contribution in [0, 0.1) is 0 Å². The van der Waals surface area contributed by atoms with Gasteiger partial charge in [-0.25, -0.2) is 4.68 Å². The lowest BCUT2D eigenvalue weighted by Gasteiger charge is -2.22. The topological polar surface area (TPSA) is 52.0 Å². The third-order valence-corrected chi connectivity index (χ3v) is 3.05. The second kappa shape index (κ2) is 5.75. The number of hydrogen-bond acceptors (Lipinski definition) is 4. The molecule has 0 aliphatic carbocycles. The summed E-state index contributed by atoms with van der Waals surface area (Å²) in [6.07, 6.45) is 1.81. The average molecular weight is 246 g/mol. The van der Waals surface area contributed by atoms with Gasteiger partial charge < -0.3 is 10.1 Å². The quantitative estimate of drug-likeness (QED) is 0.870. The zero-order valence-electron chi connectivity index (χ0n) is 10.9. The normalized spacial score (nSPS) is 14.4. The van der Waals surface area contributed by atoms with Gasteiger partial charge in [0.25, 0.3) is 0 Å². The fourth-order valence-electron chi connectivity index (χ4n) is 1.98. The molecule has 5 nitrogen and oxygen atoms in total. The van der Waals surface area contributed by atoms with Crippen LogP contribution in [-0.2, 0) is 4.74 Å². The lowest BCUT2D eigenvalue weighted by molar-refractivity contribution is 0.0835. The molecule has 2 atom stereocenters. The lowest BCUT2D eigenvalue weighted by Crippen LogP contribution is -2.30. The Hall–Kier alpha value is -1.72. The Balaban J connectivity index is 2.38. The molecule has 0 aliphatic heterocycles. The van der Waals surface area contributed by atoms with Crippen molar-refractivity contribution in [1.29, 1.82) is 0 Å². The summed E-state index contributed by atoms with van der Waals surface area (Å²) in [6.45, 7) is 2.02. The minimum atomic E-state index is 0.0379. The minimum absolute atomic E-state index is 0.0379. The molecule has 1 N–H and O–H groups in total. The van der Waals surface area contributed by atoms with Crippen LogP contribution >= 0.6 is 0 Å². The van der Waals surface area contributed by atoms with E-state index in [0.717, 1.165) is 11.4 Å². The third kappa shape index (κ3) is 2.42. The van der Waals surface area contributed by atoms with E-state index in [2.05, 4.69) is 15.6 Å². The standard InChI is InChI=1S/C13H18N4O/c1-10(18-3)13(14-2)12-9-15-16-17(12)11-7-5-4-6-8-11/h4-10,13-14H,1-3H3. The first-order valence-electron chi connectivity index (χ1n) is 5.94. The fraction of sp³-hybridized carbons (Fsp3) is 0.385. The summed E-state index contributed by atoms with van der Waals surface area (Å²) in [5.41, 5.74) is 1.98. The SMILES string of the molecule is CNC(c1cnnn1-c1ccccc1)C(C)OC. The fourth-order valence-corrected chi connectivity index (χ4v) is 1.98. The van der Waals surface area contributed by atoms with Gasteiger partial charge in [0.2, 0.25) is 0 Å². The van der Waals surface area contributed by atoms with Crippen LogP contribution in [0.3, 0.4) is 0 Å². The molecule has 2 aromatic rings. The lowest BCUT2D eigenvalue weighted by atomic mass is 10.1. The molecule has 96 valence electrons. The van der Waals surface area contributed by atoms with Gasteiger partial charge in [0.05, 0.1) is 29.7 Å². The monoisotopic (exact) mass is 246 g/mol. The molecule has 0 radical (unpaired) electrons. The molecular formula is C13H18N4O. The molecule has 2 unspecified atom stereocenters. The second-order valence-corrected chi connectivity index (χ2v) is 4.11. The van der Waals surface area contributed by atoms with Crippen LogP contribution in [0.4, 0.5) is 0 Å². The molecule has 1 heterocycles. The van der Waals surface area contributed by atoms with E-state index in [1.165, 1.54) is 0 Å². The first-order chi connectivity index (χ1) is 8.77. The van der Waals surface area contributed by atoms with Crippen molar-refractivity contribution < 1.29 is 4.74 Å². The van der Waals surface area contributed by atoms with Gasteiger partial charge in [-0.15, -0.1) is 5.10 Å². The minimum Gasteiger partial charge on any atom is -0.380 e. The van der Waals surface area contributed by atoms with E-state index in [1.54, 1.807) is 13.3 Å². The maximum absolute atomic E-state index is 5.39. The van der Waals surface area contributed by atoms with Gasteiger partial charge in [0.15, 0.2) is 0 Å². The summed E-state index contributed by atoms with van der Waals surface area (Å²) in [5.74, 6) is 0. The number of nitrogens with one attached hydrogen (secondary N) is 1. The predicted molar refractivity (Wildman–Crippen MR) is 69.6 cm³/mol. The second-order valence-electron chi connectivity index (χ2n) is 4.11. The highest BCUT2D eigenvalue weighted by atomic mass is 16.5. The van der Waals surface area contributed by atoms with Gasteiger partial charge in [-0.1, -0.05) is 23.4 Å². The van der Waals surface area contributed by atoms with E-state index >= 15 is 0 Å². The van der Waals surface area contributed by atoms with Gasteiger partial charge in [0.1, 0.15) is 0 Å². The Labute approximate surface area is 107 Å². The Bertz CT molecular complexity index is 483. The number of hydrogen-bond donors (Lipinski definition) is 1. The molecule has 0 saturated heterocycles. The molecular weight excluding hydrogens is 228 g/mol. The van der Waals surface area contributed by atoms with Crippen molar-refractivity contribution in [3.8, 4) is 5.69 Å². The highest BCUT2D eigenvalue weighted by Gasteiger charge is 2.22. The van der Waals surface area contributed by atoms with Crippen molar-refractivity contribution in [1.82, 2.24) is 20.3 Å². The van der Waals surface area contributed by atoms with Crippen molar-refractivity contribution in [2.45, 2.75) is 19.1 Å². The molecule has 0 saturated carbocycles. The van der Waals surface area contributed by atoms with E-state index in [9.17, 15) is 0 Å². The summed E-state index contributed by atoms with van der Waals surface area (Å²) in [6, 6.07) is 9.99. The van der Waals surface area contributed by atoms with Crippen molar-refractivity contribution in [3.63, 3.8) is 0 Å². The summed E-state index contributed by atoms with van der Waals surface area (Å²) in [4.78, 5) is 0. The highest BCUT2D eigenvalue weighted by Crippen LogP contribution is 2.20. The summed E-state index contributed by atoms with van der Waals surface area (Å²) < 4.78 is 7.22. The Morgan fingerprint density at radius 3 is 2.61 bits per heavy atom. The van der Waals surface area contributed by atoms with Gasteiger partial charge >= 0.3 is 0 Å². The molecule has 5 heteroatoms. The number of nitrogens with zero attached hydrogens (tertiary/aromatic N) is 3. The molecule has 0 spiro atoms. The van der Waals surface area contributed by atoms with Crippen LogP contribution in [0.1, 0.15) is 18.7 Å². The van der Waals surface area contributed by atoms with Crippen LogP contribution in [0.5, 0.6) is 0 Å². The Morgan fingerprint density at radius 2 is 2.00 bits per heavy atom. The summed E-state index contributed by atoms with van der Waals surface area (Å²) >= 11 is 0.